The van der Waals surface area contributed by atoms with Crippen LogP contribution in [0.25, 0.3) is 0 Å². The van der Waals surface area contributed by atoms with E-state index in [2.05, 4.69) is 15.9 Å². The number of methoxy groups -OCH3 is 1. The number of rotatable bonds is 6. The molecule has 112 valence electrons. The molecule has 0 bridgehead atoms. The Labute approximate surface area is 124 Å². The summed E-state index contributed by atoms with van der Waals surface area (Å²) < 4.78 is 31.3. The van der Waals surface area contributed by atoms with Crippen LogP contribution >= 0.6 is 15.9 Å². The maximum atomic E-state index is 12.0. The third-order valence-corrected chi connectivity index (χ3v) is 4.87. The molecule has 1 aromatic carbocycles. The molecule has 1 atom stereocenters. The first-order valence-corrected chi connectivity index (χ1v) is 7.67. The van der Waals surface area contributed by atoms with Crippen molar-refractivity contribution in [2.24, 2.45) is 0 Å². The molecule has 1 aromatic rings. The summed E-state index contributed by atoms with van der Waals surface area (Å²) in [6.07, 6.45) is 0. The summed E-state index contributed by atoms with van der Waals surface area (Å²) in [5.41, 5.74) is -2.19. The molecule has 9 heteroatoms. The molecule has 0 aliphatic rings. The topological polar surface area (TPSA) is 113 Å². The van der Waals surface area contributed by atoms with Crippen LogP contribution in [0.3, 0.4) is 0 Å². The van der Waals surface area contributed by atoms with Gasteiger partial charge in [-0.2, -0.15) is 0 Å². The lowest BCUT2D eigenvalue weighted by Gasteiger charge is -2.18. The number of carboxylic acids is 1. The first-order valence-electron chi connectivity index (χ1n) is 5.39. The van der Waals surface area contributed by atoms with Crippen LogP contribution in [0.5, 0.6) is 5.75 Å². The average Bonchev–Trinajstić information content (AvgIpc) is 2.36. The number of ether oxygens (including phenoxy) is 1. The minimum Gasteiger partial charge on any atom is -0.497 e. The van der Waals surface area contributed by atoms with E-state index in [9.17, 15) is 18.3 Å². The molecule has 0 aliphatic heterocycles. The summed E-state index contributed by atoms with van der Waals surface area (Å²) in [5.74, 6) is -1.05. The summed E-state index contributed by atoms with van der Waals surface area (Å²) in [5, 5.41) is 18.2. The Morgan fingerprint density at radius 3 is 2.55 bits per heavy atom. The van der Waals surface area contributed by atoms with E-state index in [0.29, 0.717) is 5.75 Å². The van der Waals surface area contributed by atoms with Gasteiger partial charge in [0, 0.05) is 4.47 Å². The first kappa shape index (κ1) is 16.9. The zero-order valence-electron chi connectivity index (χ0n) is 10.8. The zero-order chi connectivity index (χ0) is 15.6. The molecule has 20 heavy (non-hydrogen) atoms. The molecular formula is C11H14BrNO6S. The second kappa shape index (κ2) is 6.08. The van der Waals surface area contributed by atoms with E-state index in [1.807, 2.05) is 4.72 Å². The highest BCUT2D eigenvalue weighted by Gasteiger charge is 2.32. The van der Waals surface area contributed by atoms with Gasteiger partial charge in [-0.15, -0.1) is 0 Å². The molecule has 7 nitrogen and oxygen atoms in total. The van der Waals surface area contributed by atoms with Crippen molar-refractivity contribution in [1.29, 1.82) is 0 Å². The van der Waals surface area contributed by atoms with Crippen LogP contribution in [-0.4, -0.2) is 43.9 Å². The van der Waals surface area contributed by atoms with Gasteiger partial charge in [-0.05, 0) is 41.1 Å². The standard InChI is InChI=1S/C11H14BrNO6S/c1-11(16,10(14)15)6-13-20(17,18)9-4-3-7(19-2)5-8(9)12/h3-5,13,16H,6H2,1-2H3,(H,14,15). The second-order valence-electron chi connectivity index (χ2n) is 4.20. The summed E-state index contributed by atoms with van der Waals surface area (Å²) in [6, 6.07) is 4.22. The highest BCUT2D eigenvalue weighted by molar-refractivity contribution is 9.10. The molecule has 0 spiro atoms. The van der Waals surface area contributed by atoms with Crippen LogP contribution in [0.2, 0.25) is 0 Å². The Morgan fingerprint density at radius 2 is 2.10 bits per heavy atom. The van der Waals surface area contributed by atoms with Crippen LogP contribution in [-0.2, 0) is 14.8 Å². The van der Waals surface area contributed by atoms with Gasteiger partial charge in [0.2, 0.25) is 10.0 Å². The molecule has 3 N–H and O–H groups in total. The van der Waals surface area contributed by atoms with E-state index >= 15 is 0 Å². The number of carboxylic acid groups (broad SMARTS) is 1. The Hall–Kier alpha value is -1.16. The Kier molecular flexibility index (Phi) is 5.14. The Bertz CT molecular complexity index is 613. The largest absolute Gasteiger partial charge is 0.497 e. The van der Waals surface area contributed by atoms with Crippen LogP contribution < -0.4 is 9.46 Å². The predicted molar refractivity (Wildman–Crippen MR) is 74.1 cm³/mol. The lowest BCUT2D eigenvalue weighted by molar-refractivity contribution is -0.155. The monoisotopic (exact) mass is 367 g/mol. The number of benzene rings is 1. The number of hydrogen-bond acceptors (Lipinski definition) is 5. The number of halogens is 1. The van der Waals surface area contributed by atoms with Gasteiger partial charge in [-0.1, -0.05) is 0 Å². The maximum Gasteiger partial charge on any atom is 0.336 e. The second-order valence-corrected chi connectivity index (χ2v) is 6.79. The highest BCUT2D eigenvalue weighted by Crippen LogP contribution is 2.26. The summed E-state index contributed by atoms with van der Waals surface area (Å²) >= 11 is 3.10. The number of nitrogens with one attached hydrogen (secondary N) is 1. The molecule has 1 unspecified atom stereocenters. The van der Waals surface area contributed by atoms with E-state index in [1.165, 1.54) is 25.3 Å². The normalized spacial score (nSPS) is 14.6. The number of carbonyl (C=O) groups is 1. The minimum absolute atomic E-state index is 0.0838. The lowest BCUT2D eigenvalue weighted by atomic mass is 10.1. The van der Waals surface area contributed by atoms with Crippen LogP contribution in [0.1, 0.15) is 6.92 Å². The van der Waals surface area contributed by atoms with Crippen molar-refractivity contribution in [1.82, 2.24) is 4.72 Å². The van der Waals surface area contributed by atoms with Crippen LogP contribution in [0.15, 0.2) is 27.6 Å². The van der Waals surface area contributed by atoms with E-state index in [-0.39, 0.29) is 9.37 Å². The third kappa shape index (κ3) is 3.92. The molecule has 0 saturated carbocycles. The van der Waals surface area contributed by atoms with Gasteiger partial charge in [0.25, 0.3) is 0 Å². The fourth-order valence-electron chi connectivity index (χ4n) is 1.22. The van der Waals surface area contributed by atoms with E-state index < -0.39 is 28.1 Å². The van der Waals surface area contributed by atoms with Crippen molar-refractivity contribution < 1.29 is 28.2 Å². The number of sulfonamides is 1. The van der Waals surface area contributed by atoms with Crippen molar-refractivity contribution in [2.45, 2.75) is 17.4 Å². The number of aliphatic hydroxyl groups is 1. The van der Waals surface area contributed by atoms with Gasteiger partial charge in [-0.3, -0.25) is 0 Å². The molecule has 1 rings (SSSR count). The minimum atomic E-state index is -3.96. The fraction of sp³-hybridized carbons (Fsp3) is 0.364. The first-order chi connectivity index (χ1) is 9.10. The molecule has 0 radical (unpaired) electrons. The van der Waals surface area contributed by atoms with E-state index in [4.69, 9.17) is 9.84 Å². The van der Waals surface area contributed by atoms with E-state index in [1.54, 1.807) is 0 Å². The molecule has 0 aliphatic carbocycles. The maximum absolute atomic E-state index is 12.0. The molecule has 0 aromatic heterocycles. The van der Waals surface area contributed by atoms with Gasteiger partial charge >= 0.3 is 5.97 Å². The van der Waals surface area contributed by atoms with Crippen molar-refractivity contribution in [3.8, 4) is 5.75 Å². The SMILES string of the molecule is COc1ccc(S(=O)(=O)NCC(C)(O)C(=O)O)c(Br)c1. The van der Waals surface area contributed by atoms with Crippen molar-refractivity contribution in [3.63, 3.8) is 0 Å². The molecule has 0 heterocycles. The number of aliphatic carboxylic acids is 1. The van der Waals surface area contributed by atoms with Gasteiger partial charge in [0.15, 0.2) is 5.60 Å². The zero-order valence-corrected chi connectivity index (χ0v) is 13.2. The molecular weight excluding hydrogens is 354 g/mol. The lowest BCUT2D eigenvalue weighted by Crippen LogP contribution is -2.46. The van der Waals surface area contributed by atoms with Gasteiger partial charge in [0.1, 0.15) is 5.75 Å². The third-order valence-electron chi connectivity index (χ3n) is 2.50. The van der Waals surface area contributed by atoms with Crippen LogP contribution in [0, 0.1) is 0 Å². The predicted octanol–water partition coefficient (Wildman–Crippen LogP) is 0.572. The van der Waals surface area contributed by atoms with Gasteiger partial charge < -0.3 is 14.9 Å². The van der Waals surface area contributed by atoms with Crippen molar-refractivity contribution >= 4 is 31.9 Å². The quantitative estimate of drug-likeness (QED) is 0.677. The molecule has 0 saturated heterocycles. The average molecular weight is 368 g/mol. The van der Waals surface area contributed by atoms with Crippen molar-refractivity contribution in [2.75, 3.05) is 13.7 Å². The number of hydrogen-bond donors (Lipinski definition) is 3. The van der Waals surface area contributed by atoms with Crippen molar-refractivity contribution in [3.05, 3.63) is 22.7 Å². The molecule has 0 amide bonds. The summed E-state index contributed by atoms with van der Waals surface area (Å²) in [7, 11) is -2.52. The van der Waals surface area contributed by atoms with Gasteiger partial charge in [-0.25, -0.2) is 17.9 Å². The fourth-order valence-corrected chi connectivity index (χ4v) is 3.40. The van der Waals surface area contributed by atoms with Crippen LogP contribution in [0.4, 0.5) is 0 Å². The highest BCUT2D eigenvalue weighted by atomic mass is 79.9. The Morgan fingerprint density at radius 1 is 1.50 bits per heavy atom. The smallest absolute Gasteiger partial charge is 0.336 e. The van der Waals surface area contributed by atoms with Gasteiger partial charge in [0.05, 0.1) is 18.6 Å². The summed E-state index contributed by atoms with van der Waals surface area (Å²) in [4.78, 5) is 10.6. The molecule has 0 fully saturated rings. The summed E-state index contributed by atoms with van der Waals surface area (Å²) in [6.45, 7) is 0.351. The Balaban J connectivity index is 2.98. The van der Waals surface area contributed by atoms with E-state index in [0.717, 1.165) is 6.92 Å².